The molecule has 0 radical (unpaired) electrons. The summed E-state index contributed by atoms with van der Waals surface area (Å²) in [6.07, 6.45) is 1.15. The van der Waals surface area contributed by atoms with Crippen molar-refractivity contribution in [2.24, 2.45) is 5.92 Å². The molecule has 0 amide bonds. The van der Waals surface area contributed by atoms with Gasteiger partial charge in [-0.15, -0.1) is 11.3 Å². The van der Waals surface area contributed by atoms with Gasteiger partial charge in [0.1, 0.15) is 5.00 Å². The molecule has 14 heavy (non-hydrogen) atoms. The number of nitrogen functional groups attached to an aromatic ring is 1. The standard InChI is InChI=1S/C9H12N2O2S/c1-4-3-5(4)8-11-6(7(10)14-8)9(12)13-2/h4-5H,3,10H2,1-2H3. The summed E-state index contributed by atoms with van der Waals surface area (Å²) < 4.78 is 4.58. The molecule has 1 aliphatic rings. The fraction of sp³-hybridized carbons (Fsp3) is 0.556. The molecule has 1 saturated carbocycles. The lowest BCUT2D eigenvalue weighted by Crippen LogP contribution is -2.04. The quantitative estimate of drug-likeness (QED) is 0.757. The predicted molar refractivity (Wildman–Crippen MR) is 54.4 cm³/mol. The van der Waals surface area contributed by atoms with Crippen molar-refractivity contribution in [1.82, 2.24) is 4.98 Å². The summed E-state index contributed by atoms with van der Waals surface area (Å²) in [5, 5.41) is 1.43. The van der Waals surface area contributed by atoms with Crippen LogP contribution in [0.3, 0.4) is 0 Å². The Morgan fingerprint density at radius 1 is 1.71 bits per heavy atom. The third kappa shape index (κ3) is 1.48. The molecule has 1 heterocycles. The zero-order valence-electron chi connectivity index (χ0n) is 8.11. The summed E-state index contributed by atoms with van der Waals surface area (Å²) in [6, 6.07) is 0. The molecular weight excluding hydrogens is 200 g/mol. The molecule has 0 bridgehead atoms. The fourth-order valence-corrected chi connectivity index (χ4v) is 2.48. The second-order valence-electron chi connectivity index (χ2n) is 3.58. The number of rotatable bonds is 2. The molecule has 2 unspecified atom stereocenters. The smallest absolute Gasteiger partial charge is 0.359 e. The Hall–Kier alpha value is -1.10. The van der Waals surface area contributed by atoms with Gasteiger partial charge < -0.3 is 10.5 Å². The van der Waals surface area contributed by atoms with Gasteiger partial charge in [-0.3, -0.25) is 0 Å². The van der Waals surface area contributed by atoms with E-state index >= 15 is 0 Å². The number of thiazole rings is 1. The number of methoxy groups -OCH3 is 1. The minimum atomic E-state index is -0.446. The Labute approximate surface area is 86.1 Å². The van der Waals surface area contributed by atoms with Crippen molar-refractivity contribution in [2.75, 3.05) is 12.8 Å². The molecule has 76 valence electrons. The number of aromatic nitrogens is 1. The van der Waals surface area contributed by atoms with E-state index in [0.717, 1.165) is 11.4 Å². The van der Waals surface area contributed by atoms with Crippen LogP contribution in [-0.4, -0.2) is 18.1 Å². The van der Waals surface area contributed by atoms with Crippen LogP contribution in [0.15, 0.2) is 0 Å². The van der Waals surface area contributed by atoms with Crippen molar-refractivity contribution in [2.45, 2.75) is 19.3 Å². The number of hydrogen-bond donors (Lipinski definition) is 1. The number of anilines is 1. The monoisotopic (exact) mass is 212 g/mol. The summed E-state index contributed by atoms with van der Waals surface area (Å²) in [5.74, 6) is 0.727. The first-order valence-electron chi connectivity index (χ1n) is 4.48. The molecule has 1 aromatic heterocycles. The maximum atomic E-state index is 11.2. The molecule has 0 spiro atoms. The van der Waals surface area contributed by atoms with E-state index < -0.39 is 5.97 Å². The predicted octanol–water partition coefficient (Wildman–Crippen LogP) is 1.64. The molecule has 0 saturated heterocycles. The molecular formula is C9H12N2O2S. The van der Waals surface area contributed by atoms with Crippen molar-refractivity contribution in [1.29, 1.82) is 0 Å². The van der Waals surface area contributed by atoms with Crippen molar-refractivity contribution in [3.8, 4) is 0 Å². The summed E-state index contributed by atoms with van der Waals surface area (Å²) in [4.78, 5) is 15.4. The second-order valence-corrected chi connectivity index (χ2v) is 4.64. The summed E-state index contributed by atoms with van der Waals surface area (Å²) in [5.41, 5.74) is 5.95. The van der Waals surface area contributed by atoms with E-state index in [9.17, 15) is 4.79 Å². The van der Waals surface area contributed by atoms with Crippen molar-refractivity contribution >= 4 is 22.3 Å². The Morgan fingerprint density at radius 3 is 2.86 bits per heavy atom. The Morgan fingerprint density at radius 2 is 2.36 bits per heavy atom. The first-order valence-corrected chi connectivity index (χ1v) is 5.29. The van der Waals surface area contributed by atoms with Crippen molar-refractivity contribution < 1.29 is 9.53 Å². The molecule has 2 rings (SSSR count). The summed E-state index contributed by atoms with van der Waals surface area (Å²) in [7, 11) is 1.33. The van der Waals surface area contributed by atoms with Gasteiger partial charge in [0.15, 0.2) is 5.69 Å². The van der Waals surface area contributed by atoms with E-state index in [-0.39, 0.29) is 5.69 Å². The molecule has 0 aromatic carbocycles. The Kier molecular flexibility index (Phi) is 2.19. The van der Waals surface area contributed by atoms with Crippen LogP contribution in [0.25, 0.3) is 0 Å². The van der Waals surface area contributed by atoms with Gasteiger partial charge in [-0.2, -0.15) is 0 Å². The van der Waals surface area contributed by atoms with E-state index in [1.54, 1.807) is 0 Å². The number of nitrogens with two attached hydrogens (primary N) is 1. The highest BCUT2D eigenvalue weighted by Crippen LogP contribution is 2.49. The molecule has 0 aliphatic heterocycles. The SMILES string of the molecule is COC(=O)c1nc(C2CC2C)sc1N. The first kappa shape index (κ1) is 9.45. The Bertz CT molecular complexity index is 375. The molecule has 4 nitrogen and oxygen atoms in total. The number of esters is 1. The van der Waals surface area contributed by atoms with Crippen LogP contribution < -0.4 is 5.73 Å². The average molecular weight is 212 g/mol. The number of hydrogen-bond acceptors (Lipinski definition) is 5. The van der Waals surface area contributed by atoms with Gasteiger partial charge >= 0.3 is 5.97 Å². The van der Waals surface area contributed by atoms with Crippen LogP contribution in [0.2, 0.25) is 0 Å². The third-order valence-electron chi connectivity index (χ3n) is 2.48. The number of carbonyl (C=O) groups is 1. The van der Waals surface area contributed by atoms with E-state index in [1.807, 2.05) is 0 Å². The van der Waals surface area contributed by atoms with Gasteiger partial charge in [0, 0.05) is 5.92 Å². The highest BCUT2D eigenvalue weighted by Gasteiger charge is 2.37. The van der Waals surface area contributed by atoms with Crippen LogP contribution in [0, 0.1) is 5.92 Å². The summed E-state index contributed by atoms with van der Waals surface area (Å²) in [6.45, 7) is 2.17. The third-order valence-corrected chi connectivity index (χ3v) is 3.49. The number of ether oxygens (including phenoxy) is 1. The molecule has 1 aliphatic carbocycles. The molecule has 2 atom stereocenters. The van der Waals surface area contributed by atoms with Crippen LogP contribution in [-0.2, 0) is 4.74 Å². The topological polar surface area (TPSA) is 65.2 Å². The zero-order chi connectivity index (χ0) is 10.3. The molecule has 1 aromatic rings. The van der Waals surface area contributed by atoms with E-state index in [1.165, 1.54) is 18.4 Å². The maximum Gasteiger partial charge on any atom is 0.359 e. The molecule has 5 heteroatoms. The average Bonchev–Trinajstić information content (AvgIpc) is 2.75. The van der Waals surface area contributed by atoms with Gasteiger partial charge in [-0.05, 0) is 12.3 Å². The highest BCUT2D eigenvalue weighted by atomic mass is 32.1. The lowest BCUT2D eigenvalue weighted by atomic mass is 10.3. The van der Waals surface area contributed by atoms with Gasteiger partial charge in [-0.25, -0.2) is 9.78 Å². The Balaban J connectivity index is 2.25. The minimum Gasteiger partial charge on any atom is -0.464 e. The fourth-order valence-electron chi connectivity index (χ4n) is 1.42. The van der Waals surface area contributed by atoms with E-state index in [0.29, 0.717) is 16.8 Å². The van der Waals surface area contributed by atoms with Gasteiger partial charge in [0.25, 0.3) is 0 Å². The van der Waals surface area contributed by atoms with Crippen LogP contribution in [0.1, 0.15) is 34.8 Å². The number of nitrogens with zero attached hydrogens (tertiary/aromatic N) is 1. The van der Waals surface area contributed by atoms with Crippen molar-refractivity contribution in [3.05, 3.63) is 10.7 Å². The largest absolute Gasteiger partial charge is 0.464 e. The first-order chi connectivity index (χ1) is 6.63. The normalized spacial score (nSPS) is 24.7. The lowest BCUT2D eigenvalue weighted by Gasteiger charge is -1.93. The summed E-state index contributed by atoms with van der Waals surface area (Å²) >= 11 is 1.40. The number of carbonyl (C=O) groups excluding carboxylic acids is 1. The van der Waals surface area contributed by atoms with Crippen molar-refractivity contribution in [3.63, 3.8) is 0 Å². The van der Waals surface area contributed by atoms with E-state index in [4.69, 9.17) is 5.73 Å². The van der Waals surface area contributed by atoms with Crippen LogP contribution >= 0.6 is 11.3 Å². The van der Waals surface area contributed by atoms with Gasteiger partial charge in [-0.1, -0.05) is 6.92 Å². The zero-order valence-corrected chi connectivity index (χ0v) is 8.93. The molecule has 1 fully saturated rings. The van der Waals surface area contributed by atoms with Gasteiger partial charge in [0.2, 0.25) is 0 Å². The van der Waals surface area contributed by atoms with Gasteiger partial charge in [0.05, 0.1) is 12.1 Å². The van der Waals surface area contributed by atoms with Crippen LogP contribution in [0.4, 0.5) is 5.00 Å². The van der Waals surface area contributed by atoms with E-state index in [2.05, 4.69) is 16.6 Å². The maximum absolute atomic E-state index is 11.2. The lowest BCUT2D eigenvalue weighted by molar-refractivity contribution is 0.0596. The highest BCUT2D eigenvalue weighted by molar-refractivity contribution is 7.16. The molecule has 2 N–H and O–H groups in total. The second kappa shape index (κ2) is 3.24. The van der Waals surface area contributed by atoms with Crippen LogP contribution in [0.5, 0.6) is 0 Å². The minimum absolute atomic E-state index is 0.270.